The van der Waals surface area contributed by atoms with Crippen molar-refractivity contribution in [3.63, 3.8) is 0 Å². The third-order valence-electron chi connectivity index (χ3n) is 4.52. The summed E-state index contributed by atoms with van der Waals surface area (Å²) >= 11 is 0. The Morgan fingerprint density at radius 1 is 1.12 bits per heavy atom. The van der Waals surface area contributed by atoms with Crippen molar-refractivity contribution < 1.29 is 4.74 Å². The Morgan fingerprint density at radius 2 is 1.92 bits per heavy atom. The summed E-state index contributed by atoms with van der Waals surface area (Å²) in [6.07, 6.45) is 2.80. The van der Waals surface area contributed by atoms with Crippen LogP contribution in [0, 0.1) is 0 Å². The molecule has 4 rings (SSSR count). The van der Waals surface area contributed by atoms with E-state index in [4.69, 9.17) is 9.72 Å². The minimum atomic E-state index is 0.332. The zero-order valence-electron chi connectivity index (χ0n) is 15.0. The molecule has 3 aromatic rings. The van der Waals surface area contributed by atoms with Crippen molar-refractivity contribution in [1.82, 2.24) is 9.97 Å². The molecule has 1 N–H and O–H groups in total. The van der Waals surface area contributed by atoms with Crippen LogP contribution in [0.1, 0.15) is 19.4 Å². The number of para-hydroxylation sites is 3. The number of fused-ring (bicyclic) bond motifs is 1. The van der Waals surface area contributed by atoms with Gasteiger partial charge in [0.25, 0.3) is 0 Å². The summed E-state index contributed by atoms with van der Waals surface area (Å²) in [6, 6.07) is 18.5. The smallest absolute Gasteiger partial charge is 0.232 e. The Hall–Kier alpha value is -3.08. The highest BCUT2D eigenvalue weighted by Crippen LogP contribution is 2.36. The quantitative estimate of drug-likeness (QED) is 0.725. The molecule has 0 radical (unpaired) electrons. The number of rotatable bonds is 5. The molecule has 26 heavy (non-hydrogen) atoms. The molecule has 132 valence electrons. The highest BCUT2D eigenvalue weighted by Gasteiger charge is 2.28. The molecule has 2 heterocycles. The van der Waals surface area contributed by atoms with E-state index in [1.165, 1.54) is 11.3 Å². The maximum absolute atomic E-state index is 5.69. The van der Waals surface area contributed by atoms with Gasteiger partial charge in [0, 0.05) is 17.9 Å². The zero-order chi connectivity index (χ0) is 17.9. The first kappa shape index (κ1) is 16.4. The largest absolute Gasteiger partial charge is 0.492 e. The van der Waals surface area contributed by atoms with Crippen LogP contribution in [0.2, 0.25) is 0 Å². The number of ether oxygens (including phenoxy) is 1. The Bertz CT molecular complexity index is 912. The van der Waals surface area contributed by atoms with Crippen molar-refractivity contribution in [3.8, 4) is 5.75 Å². The van der Waals surface area contributed by atoms with E-state index in [1.807, 2.05) is 37.3 Å². The predicted octanol–water partition coefficient (Wildman–Crippen LogP) is 4.70. The molecule has 2 aromatic carbocycles. The van der Waals surface area contributed by atoms with E-state index in [-0.39, 0.29) is 0 Å². The molecular formula is C21H22N4O. The van der Waals surface area contributed by atoms with Crippen molar-refractivity contribution in [1.29, 1.82) is 0 Å². The molecule has 0 fully saturated rings. The van der Waals surface area contributed by atoms with Gasteiger partial charge in [-0.15, -0.1) is 0 Å². The van der Waals surface area contributed by atoms with E-state index < -0.39 is 0 Å². The normalized spacial score (nSPS) is 15.6. The molecule has 1 unspecified atom stereocenters. The van der Waals surface area contributed by atoms with Gasteiger partial charge >= 0.3 is 0 Å². The topological polar surface area (TPSA) is 50.3 Å². The molecule has 0 bridgehead atoms. The predicted molar refractivity (Wildman–Crippen MR) is 105 cm³/mol. The summed E-state index contributed by atoms with van der Waals surface area (Å²) < 4.78 is 5.69. The Labute approximate surface area is 153 Å². The molecule has 0 spiro atoms. The third-order valence-corrected chi connectivity index (χ3v) is 4.52. The molecule has 0 saturated carbocycles. The molecule has 0 aliphatic carbocycles. The molecule has 0 saturated heterocycles. The first-order chi connectivity index (χ1) is 12.8. The number of hydrogen-bond acceptors (Lipinski definition) is 5. The molecule has 1 aliphatic rings. The highest BCUT2D eigenvalue weighted by atomic mass is 16.5. The van der Waals surface area contributed by atoms with Gasteiger partial charge in [-0.2, -0.15) is 4.98 Å². The standard InChI is InChI=1S/C21H22N4O/c1-3-26-19-11-7-5-9-17(19)23-20-12-13-22-21(24-20)25-15(2)14-16-8-4-6-10-18(16)25/h4-13,15H,3,14H2,1-2H3,(H,22,23,24). The van der Waals surface area contributed by atoms with Gasteiger partial charge in [0.1, 0.15) is 11.6 Å². The van der Waals surface area contributed by atoms with Crippen molar-refractivity contribution >= 4 is 23.1 Å². The Kier molecular flexibility index (Phi) is 4.44. The second-order valence-electron chi connectivity index (χ2n) is 6.35. The second kappa shape index (κ2) is 7.04. The van der Waals surface area contributed by atoms with Gasteiger partial charge < -0.3 is 15.0 Å². The Morgan fingerprint density at radius 3 is 2.81 bits per heavy atom. The van der Waals surface area contributed by atoms with Gasteiger partial charge in [0.05, 0.1) is 12.3 Å². The molecule has 0 amide bonds. The summed E-state index contributed by atoms with van der Waals surface area (Å²) in [5.74, 6) is 2.27. The fourth-order valence-electron chi connectivity index (χ4n) is 3.39. The first-order valence-corrected chi connectivity index (χ1v) is 8.95. The van der Waals surface area contributed by atoms with E-state index in [1.54, 1.807) is 6.20 Å². The van der Waals surface area contributed by atoms with Crippen molar-refractivity contribution in [2.45, 2.75) is 26.3 Å². The van der Waals surface area contributed by atoms with E-state index in [9.17, 15) is 0 Å². The molecule has 1 aromatic heterocycles. The lowest BCUT2D eigenvalue weighted by atomic mass is 10.1. The van der Waals surface area contributed by atoms with Gasteiger partial charge in [0.2, 0.25) is 5.95 Å². The van der Waals surface area contributed by atoms with Crippen molar-refractivity contribution in [3.05, 3.63) is 66.4 Å². The summed E-state index contributed by atoms with van der Waals surface area (Å²) in [4.78, 5) is 11.5. The first-order valence-electron chi connectivity index (χ1n) is 8.95. The third kappa shape index (κ3) is 3.08. The minimum Gasteiger partial charge on any atom is -0.492 e. The van der Waals surface area contributed by atoms with Crippen LogP contribution in [-0.4, -0.2) is 22.6 Å². The molecule has 1 aliphatic heterocycles. The maximum Gasteiger partial charge on any atom is 0.232 e. The second-order valence-corrected chi connectivity index (χ2v) is 6.35. The highest BCUT2D eigenvalue weighted by molar-refractivity contribution is 5.69. The van der Waals surface area contributed by atoms with Crippen LogP contribution >= 0.6 is 0 Å². The van der Waals surface area contributed by atoms with Gasteiger partial charge in [0.15, 0.2) is 0 Å². The lowest BCUT2D eigenvalue weighted by molar-refractivity contribution is 0.342. The Balaban J connectivity index is 1.64. The minimum absolute atomic E-state index is 0.332. The maximum atomic E-state index is 5.69. The summed E-state index contributed by atoms with van der Waals surface area (Å²) in [6.45, 7) is 4.80. The van der Waals surface area contributed by atoms with Gasteiger partial charge in [-0.1, -0.05) is 30.3 Å². The number of nitrogens with zero attached hydrogens (tertiary/aromatic N) is 3. The van der Waals surface area contributed by atoms with Crippen LogP contribution in [0.4, 0.5) is 23.1 Å². The average Bonchev–Trinajstić information content (AvgIpc) is 2.99. The van der Waals surface area contributed by atoms with Gasteiger partial charge in [-0.25, -0.2) is 4.98 Å². The number of hydrogen-bond donors (Lipinski definition) is 1. The van der Waals surface area contributed by atoms with E-state index in [0.717, 1.165) is 23.7 Å². The van der Waals surface area contributed by atoms with Gasteiger partial charge in [-0.05, 0) is 50.1 Å². The van der Waals surface area contributed by atoms with Gasteiger partial charge in [-0.3, -0.25) is 0 Å². The summed E-state index contributed by atoms with van der Waals surface area (Å²) in [5.41, 5.74) is 3.42. The van der Waals surface area contributed by atoms with Crippen LogP contribution in [0.25, 0.3) is 0 Å². The zero-order valence-corrected chi connectivity index (χ0v) is 15.0. The number of benzene rings is 2. The number of nitrogens with one attached hydrogen (secondary N) is 1. The van der Waals surface area contributed by atoms with Crippen LogP contribution < -0.4 is 15.0 Å². The van der Waals surface area contributed by atoms with E-state index >= 15 is 0 Å². The molecule has 5 heteroatoms. The van der Waals surface area contributed by atoms with E-state index in [0.29, 0.717) is 18.6 Å². The van der Waals surface area contributed by atoms with Crippen molar-refractivity contribution in [2.24, 2.45) is 0 Å². The van der Waals surface area contributed by atoms with Crippen LogP contribution in [0.5, 0.6) is 5.75 Å². The van der Waals surface area contributed by atoms with Crippen LogP contribution in [0.3, 0.4) is 0 Å². The van der Waals surface area contributed by atoms with E-state index in [2.05, 4.69) is 46.4 Å². The molecule has 5 nitrogen and oxygen atoms in total. The number of aromatic nitrogens is 2. The number of anilines is 4. The van der Waals surface area contributed by atoms with Crippen LogP contribution in [-0.2, 0) is 6.42 Å². The lowest BCUT2D eigenvalue weighted by Gasteiger charge is -2.23. The fourth-order valence-corrected chi connectivity index (χ4v) is 3.39. The molecular weight excluding hydrogens is 324 g/mol. The lowest BCUT2D eigenvalue weighted by Crippen LogP contribution is -2.25. The van der Waals surface area contributed by atoms with Crippen LogP contribution in [0.15, 0.2) is 60.8 Å². The SMILES string of the molecule is CCOc1ccccc1Nc1ccnc(N2c3ccccc3CC2C)n1. The average molecular weight is 346 g/mol. The summed E-state index contributed by atoms with van der Waals surface area (Å²) in [5, 5.41) is 3.36. The fraction of sp³-hybridized carbons (Fsp3) is 0.238. The van der Waals surface area contributed by atoms with Crippen molar-refractivity contribution in [2.75, 3.05) is 16.8 Å². The molecule has 1 atom stereocenters. The summed E-state index contributed by atoms with van der Waals surface area (Å²) in [7, 11) is 0. The monoisotopic (exact) mass is 346 g/mol.